The van der Waals surface area contributed by atoms with E-state index in [9.17, 15) is 5.41 Å². The lowest BCUT2D eigenvalue weighted by Crippen LogP contribution is -2.17. The van der Waals surface area contributed by atoms with E-state index in [1.165, 1.54) is 6.42 Å². The molecule has 1 aliphatic rings. The van der Waals surface area contributed by atoms with E-state index in [1.54, 1.807) is 0 Å². The Bertz CT molecular complexity index is 214. The summed E-state index contributed by atoms with van der Waals surface area (Å²) in [5.41, 5.74) is 8.22. The minimum absolute atomic E-state index is 0.205. The molecule has 0 fully saturated rings. The molecule has 68 valence electrons. The van der Waals surface area contributed by atoms with Gasteiger partial charge in [0.15, 0.2) is 0 Å². The molecule has 0 aliphatic heterocycles. The SMILES string of the molecule is CC(C)C(=[N-])C1=C(N)CCCC1. The summed E-state index contributed by atoms with van der Waals surface area (Å²) in [5.74, 6) is 0.205. The van der Waals surface area contributed by atoms with Gasteiger partial charge in [0.25, 0.3) is 0 Å². The molecule has 0 radical (unpaired) electrons. The Hall–Kier alpha value is -0.790. The molecular formula is C10H17N2-. The Morgan fingerprint density at radius 3 is 2.42 bits per heavy atom. The summed E-state index contributed by atoms with van der Waals surface area (Å²) in [6.45, 7) is 3.98. The molecule has 2 heteroatoms. The number of hydrogen-bond donors (Lipinski definition) is 1. The minimum atomic E-state index is 0.205. The van der Waals surface area contributed by atoms with E-state index in [0.717, 1.165) is 30.5 Å². The number of rotatable bonds is 2. The zero-order valence-electron chi connectivity index (χ0n) is 7.93. The minimum Gasteiger partial charge on any atom is -0.807 e. The molecule has 0 spiro atoms. The van der Waals surface area contributed by atoms with Crippen molar-refractivity contribution in [2.45, 2.75) is 39.5 Å². The van der Waals surface area contributed by atoms with Crippen LogP contribution in [0.2, 0.25) is 0 Å². The predicted molar refractivity (Wildman–Crippen MR) is 52.9 cm³/mol. The molecule has 0 aromatic carbocycles. The average molecular weight is 165 g/mol. The van der Waals surface area contributed by atoms with Crippen LogP contribution in [0.5, 0.6) is 0 Å². The van der Waals surface area contributed by atoms with E-state index in [4.69, 9.17) is 5.73 Å². The van der Waals surface area contributed by atoms with Crippen molar-refractivity contribution >= 4 is 5.71 Å². The smallest absolute Gasteiger partial charge is 0.00971 e. The fourth-order valence-electron chi connectivity index (χ4n) is 1.57. The first-order chi connectivity index (χ1) is 5.63. The first-order valence-corrected chi connectivity index (χ1v) is 4.66. The first kappa shape index (κ1) is 9.30. The van der Waals surface area contributed by atoms with Crippen LogP contribution < -0.4 is 5.73 Å². The third-order valence-corrected chi connectivity index (χ3v) is 2.37. The van der Waals surface area contributed by atoms with E-state index >= 15 is 0 Å². The number of nitrogens with two attached hydrogens (primary N) is 1. The molecular weight excluding hydrogens is 148 g/mol. The summed E-state index contributed by atoms with van der Waals surface area (Å²) in [5, 5.41) is 9.70. The molecule has 2 nitrogen and oxygen atoms in total. The Morgan fingerprint density at radius 2 is 1.92 bits per heavy atom. The van der Waals surface area contributed by atoms with Crippen LogP contribution >= 0.6 is 0 Å². The summed E-state index contributed by atoms with van der Waals surface area (Å²) >= 11 is 0. The summed E-state index contributed by atoms with van der Waals surface area (Å²) < 4.78 is 0. The zero-order chi connectivity index (χ0) is 9.14. The van der Waals surface area contributed by atoms with Gasteiger partial charge in [-0.3, -0.25) is 0 Å². The maximum Gasteiger partial charge on any atom is 0.00971 e. The maximum absolute atomic E-state index is 9.70. The second-order valence-corrected chi connectivity index (χ2v) is 3.75. The van der Waals surface area contributed by atoms with Gasteiger partial charge in [-0.1, -0.05) is 13.8 Å². The van der Waals surface area contributed by atoms with E-state index in [2.05, 4.69) is 0 Å². The van der Waals surface area contributed by atoms with Crippen LogP contribution in [0.25, 0.3) is 5.41 Å². The molecule has 0 bridgehead atoms. The van der Waals surface area contributed by atoms with Gasteiger partial charge < -0.3 is 11.1 Å². The molecule has 1 aliphatic carbocycles. The Kier molecular flexibility index (Phi) is 2.90. The lowest BCUT2D eigenvalue weighted by Gasteiger charge is -2.26. The van der Waals surface area contributed by atoms with Crippen LogP contribution in [-0.4, -0.2) is 5.71 Å². The van der Waals surface area contributed by atoms with Crippen molar-refractivity contribution in [3.05, 3.63) is 16.7 Å². The van der Waals surface area contributed by atoms with Crippen LogP contribution in [-0.2, 0) is 0 Å². The Labute approximate surface area is 74.4 Å². The van der Waals surface area contributed by atoms with Gasteiger partial charge in [-0.25, -0.2) is 0 Å². The number of allylic oxidation sites excluding steroid dienone is 2. The number of nitrogens with zero attached hydrogens (tertiary/aromatic N) is 1. The Morgan fingerprint density at radius 1 is 1.33 bits per heavy atom. The molecule has 0 amide bonds. The molecule has 0 aromatic heterocycles. The molecule has 0 unspecified atom stereocenters. The largest absolute Gasteiger partial charge is 0.807 e. The van der Waals surface area contributed by atoms with Crippen molar-refractivity contribution in [2.24, 2.45) is 11.7 Å². The van der Waals surface area contributed by atoms with Gasteiger partial charge in [-0.2, -0.15) is 5.71 Å². The highest BCUT2D eigenvalue weighted by Gasteiger charge is 2.10. The lowest BCUT2D eigenvalue weighted by atomic mass is 9.89. The van der Waals surface area contributed by atoms with Gasteiger partial charge in [-0.15, -0.1) is 0 Å². The second-order valence-electron chi connectivity index (χ2n) is 3.75. The quantitative estimate of drug-likeness (QED) is 0.628. The molecule has 0 saturated carbocycles. The molecule has 0 saturated heterocycles. The Balaban J connectivity index is 2.78. The van der Waals surface area contributed by atoms with Crippen LogP contribution in [0.1, 0.15) is 39.5 Å². The average Bonchev–Trinajstić information content (AvgIpc) is 2.04. The van der Waals surface area contributed by atoms with Gasteiger partial charge >= 0.3 is 0 Å². The van der Waals surface area contributed by atoms with Crippen LogP contribution in [0.15, 0.2) is 11.3 Å². The number of hydrogen-bond acceptors (Lipinski definition) is 1. The van der Waals surface area contributed by atoms with Crippen molar-refractivity contribution < 1.29 is 0 Å². The van der Waals surface area contributed by atoms with E-state index in [0.29, 0.717) is 5.71 Å². The zero-order valence-corrected chi connectivity index (χ0v) is 7.93. The predicted octanol–water partition coefficient (Wildman–Crippen LogP) is 2.44. The van der Waals surface area contributed by atoms with Crippen LogP contribution in [0, 0.1) is 5.92 Å². The van der Waals surface area contributed by atoms with Crippen molar-refractivity contribution in [3.8, 4) is 0 Å². The van der Waals surface area contributed by atoms with Gasteiger partial charge in [-0.05, 0) is 37.2 Å². The summed E-state index contributed by atoms with van der Waals surface area (Å²) in [6, 6.07) is 0. The van der Waals surface area contributed by atoms with Crippen LogP contribution in [0.4, 0.5) is 0 Å². The maximum atomic E-state index is 9.70. The molecule has 0 aromatic rings. The highest BCUT2D eigenvalue weighted by atomic mass is 14.6. The standard InChI is InChI=1S/C10H17N2/c1-7(2)10(12)8-5-3-4-6-9(8)11/h7H,3-6,11H2,1-2H3/q-1. The van der Waals surface area contributed by atoms with E-state index in [-0.39, 0.29) is 5.92 Å². The highest BCUT2D eigenvalue weighted by Crippen LogP contribution is 2.24. The van der Waals surface area contributed by atoms with E-state index in [1.807, 2.05) is 13.8 Å². The second kappa shape index (κ2) is 3.74. The summed E-state index contributed by atoms with van der Waals surface area (Å²) in [7, 11) is 0. The van der Waals surface area contributed by atoms with Crippen molar-refractivity contribution in [2.75, 3.05) is 0 Å². The van der Waals surface area contributed by atoms with Crippen molar-refractivity contribution in [3.63, 3.8) is 0 Å². The molecule has 1 rings (SSSR count). The van der Waals surface area contributed by atoms with Crippen molar-refractivity contribution in [1.82, 2.24) is 0 Å². The molecule has 0 atom stereocenters. The normalized spacial score (nSPS) is 18.6. The molecule has 2 N–H and O–H groups in total. The lowest BCUT2D eigenvalue weighted by molar-refractivity contribution is 0.677. The third kappa shape index (κ3) is 1.87. The summed E-state index contributed by atoms with van der Waals surface area (Å²) in [4.78, 5) is 0. The first-order valence-electron chi connectivity index (χ1n) is 4.66. The monoisotopic (exact) mass is 165 g/mol. The fourth-order valence-corrected chi connectivity index (χ4v) is 1.57. The van der Waals surface area contributed by atoms with Gasteiger partial charge in [0, 0.05) is 5.70 Å². The van der Waals surface area contributed by atoms with Crippen LogP contribution in [0.3, 0.4) is 0 Å². The van der Waals surface area contributed by atoms with E-state index < -0.39 is 0 Å². The highest BCUT2D eigenvalue weighted by molar-refractivity contribution is 6.04. The van der Waals surface area contributed by atoms with Gasteiger partial charge in [0.1, 0.15) is 0 Å². The molecule has 12 heavy (non-hydrogen) atoms. The van der Waals surface area contributed by atoms with Gasteiger partial charge in [0.05, 0.1) is 0 Å². The molecule has 0 heterocycles. The van der Waals surface area contributed by atoms with Crippen molar-refractivity contribution in [1.29, 1.82) is 0 Å². The third-order valence-electron chi connectivity index (χ3n) is 2.37. The van der Waals surface area contributed by atoms with Gasteiger partial charge in [0.2, 0.25) is 0 Å². The topological polar surface area (TPSA) is 48.3 Å². The fraction of sp³-hybridized carbons (Fsp3) is 0.700. The summed E-state index contributed by atoms with van der Waals surface area (Å²) in [6.07, 6.45) is 4.23.